The number of carbonyl (C=O) groups excluding carboxylic acids is 2. The number of aryl methyl sites for hydroxylation is 1. The van der Waals surface area contributed by atoms with Gasteiger partial charge in [0.1, 0.15) is 22.8 Å². The summed E-state index contributed by atoms with van der Waals surface area (Å²) in [7, 11) is -2.64. The zero-order valence-electron chi connectivity index (χ0n) is 23.4. The van der Waals surface area contributed by atoms with Crippen LogP contribution in [0.5, 0.6) is 5.75 Å². The van der Waals surface area contributed by atoms with Crippen LogP contribution in [-0.4, -0.2) is 73.2 Å². The monoisotopic (exact) mass is 586 g/mol. The van der Waals surface area contributed by atoms with E-state index in [1.54, 1.807) is 23.2 Å². The van der Waals surface area contributed by atoms with Crippen LogP contribution in [0.25, 0.3) is 33.3 Å². The molecule has 0 aliphatic carbocycles. The van der Waals surface area contributed by atoms with E-state index in [0.29, 0.717) is 37.4 Å². The van der Waals surface area contributed by atoms with Gasteiger partial charge >= 0.3 is 0 Å². The first kappa shape index (κ1) is 28.8. The first-order valence-corrected chi connectivity index (χ1v) is 14.8. The van der Waals surface area contributed by atoms with E-state index in [4.69, 9.17) is 9.88 Å². The molecule has 0 unspecified atom stereocenters. The van der Waals surface area contributed by atoms with Gasteiger partial charge in [-0.25, -0.2) is 23.5 Å². The van der Waals surface area contributed by atoms with Crippen LogP contribution in [0.4, 0.5) is 5.82 Å². The number of benzene rings is 2. The fourth-order valence-electron chi connectivity index (χ4n) is 5.06. The summed E-state index contributed by atoms with van der Waals surface area (Å²) >= 11 is 0. The number of nitrogens with two attached hydrogens (primary N) is 1. The third-order valence-corrected chi connectivity index (χ3v) is 8.09. The molecule has 1 saturated heterocycles. The Hall–Kier alpha value is -4.68. The number of fused-ring (bicyclic) bond motifs is 1. The molecule has 1 fully saturated rings. The zero-order valence-corrected chi connectivity index (χ0v) is 24.3. The molecule has 5 rings (SSSR count). The van der Waals surface area contributed by atoms with E-state index < -0.39 is 10.0 Å². The van der Waals surface area contributed by atoms with Gasteiger partial charge in [-0.3, -0.25) is 14.6 Å². The highest BCUT2D eigenvalue weighted by molar-refractivity contribution is 7.89. The van der Waals surface area contributed by atoms with Crippen molar-refractivity contribution in [3.8, 4) is 28.1 Å². The van der Waals surface area contributed by atoms with Gasteiger partial charge in [-0.15, -0.1) is 0 Å². The molecule has 3 heterocycles. The number of ketones is 1. The number of rotatable bonds is 7. The second-order valence-electron chi connectivity index (χ2n) is 9.95. The van der Waals surface area contributed by atoms with E-state index in [9.17, 15) is 18.0 Å². The Morgan fingerprint density at radius 2 is 1.74 bits per heavy atom. The maximum absolute atomic E-state index is 12.4. The standard InChI is InChI=1S/C30H30N6O5S/c1-19-15-26(41-3)27(42(31,39)40)17-23(19)22-5-4-10-32-29(22)21-7-8-25-24(16-21)30(34-18-33-25)36-13-11-35(12-14-36)28(38)9-6-20(2)37/h4-10,15-18H,11-14H2,1-3H3,(H2,31,39,40). The van der Waals surface area contributed by atoms with Gasteiger partial charge in [0.05, 0.1) is 18.3 Å². The number of aromatic nitrogens is 3. The number of allylic oxidation sites excluding steroid dienone is 1. The lowest BCUT2D eigenvalue weighted by molar-refractivity contribution is -0.126. The van der Waals surface area contributed by atoms with Crippen LogP contribution in [0.3, 0.4) is 0 Å². The average Bonchev–Trinajstić information content (AvgIpc) is 2.98. The largest absolute Gasteiger partial charge is 0.495 e. The van der Waals surface area contributed by atoms with Gasteiger partial charge in [-0.05, 0) is 61.4 Å². The Morgan fingerprint density at radius 3 is 2.43 bits per heavy atom. The molecule has 0 bridgehead atoms. The van der Waals surface area contributed by atoms with Crippen LogP contribution in [0, 0.1) is 6.92 Å². The number of hydrogen-bond donors (Lipinski definition) is 1. The molecule has 0 radical (unpaired) electrons. The molecule has 2 aromatic carbocycles. The normalized spacial score (nSPS) is 14.0. The number of carbonyl (C=O) groups is 2. The second-order valence-corrected chi connectivity index (χ2v) is 11.5. The van der Waals surface area contributed by atoms with Gasteiger partial charge in [0, 0.05) is 55.0 Å². The number of methoxy groups -OCH3 is 1. The molecule has 1 amide bonds. The van der Waals surface area contributed by atoms with E-state index in [-0.39, 0.29) is 22.3 Å². The summed E-state index contributed by atoms with van der Waals surface area (Å²) in [4.78, 5) is 41.0. The van der Waals surface area contributed by atoms with Crippen molar-refractivity contribution >= 4 is 38.4 Å². The molecule has 4 aromatic rings. The van der Waals surface area contributed by atoms with Gasteiger partial charge in [0.2, 0.25) is 15.9 Å². The minimum atomic E-state index is -4.04. The van der Waals surface area contributed by atoms with Gasteiger partial charge in [0.15, 0.2) is 5.78 Å². The molecule has 11 nitrogen and oxygen atoms in total. The first-order chi connectivity index (χ1) is 20.1. The minimum Gasteiger partial charge on any atom is -0.495 e. The number of primary sulfonamides is 1. The summed E-state index contributed by atoms with van der Waals surface area (Å²) < 4.78 is 30.0. The fourth-order valence-corrected chi connectivity index (χ4v) is 5.77. The fraction of sp³-hybridized carbons (Fsp3) is 0.233. The summed E-state index contributed by atoms with van der Waals surface area (Å²) in [6.07, 6.45) is 5.79. The first-order valence-electron chi connectivity index (χ1n) is 13.2. The second kappa shape index (κ2) is 11.7. The number of pyridine rings is 1. The van der Waals surface area contributed by atoms with Crippen molar-refractivity contribution in [2.45, 2.75) is 18.7 Å². The van der Waals surface area contributed by atoms with E-state index in [2.05, 4.69) is 19.9 Å². The summed E-state index contributed by atoms with van der Waals surface area (Å²) in [6.45, 7) is 5.37. The molecule has 0 spiro atoms. The molecule has 2 N–H and O–H groups in total. The highest BCUT2D eigenvalue weighted by Gasteiger charge is 2.24. The molecule has 0 atom stereocenters. The summed E-state index contributed by atoms with van der Waals surface area (Å²) in [5.41, 5.74) is 4.38. The average molecular weight is 587 g/mol. The van der Waals surface area contributed by atoms with E-state index in [1.807, 2.05) is 31.2 Å². The highest BCUT2D eigenvalue weighted by Crippen LogP contribution is 2.38. The third kappa shape index (κ3) is 5.85. The van der Waals surface area contributed by atoms with Gasteiger partial charge in [-0.1, -0.05) is 12.1 Å². The van der Waals surface area contributed by atoms with Crippen molar-refractivity contribution in [1.29, 1.82) is 0 Å². The van der Waals surface area contributed by atoms with Crippen molar-refractivity contribution in [2.24, 2.45) is 5.14 Å². The number of anilines is 1. The maximum atomic E-state index is 12.4. The van der Waals surface area contributed by atoms with Crippen LogP contribution >= 0.6 is 0 Å². The molecule has 2 aromatic heterocycles. The molecule has 0 saturated carbocycles. The summed E-state index contributed by atoms with van der Waals surface area (Å²) in [5.74, 6) is 0.548. The van der Waals surface area contributed by atoms with Crippen LogP contribution in [0.1, 0.15) is 12.5 Å². The lowest BCUT2D eigenvalue weighted by Crippen LogP contribution is -2.48. The Balaban J connectivity index is 1.52. The predicted molar refractivity (Wildman–Crippen MR) is 159 cm³/mol. The lowest BCUT2D eigenvalue weighted by Gasteiger charge is -2.35. The minimum absolute atomic E-state index is 0.107. The summed E-state index contributed by atoms with van der Waals surface area (Å²) in [6, 6.07) is 12.6. The van der Waals surface area contributed by atoms with Crippen molar-refractivity contribution in [3.63, 3.8) is 0 Å². The van der Waals surface area contributed by atoms with Gasteiger partial charge < -0.3 is 14.5 Å². The molecule has 1 aliphatic rings. The third-order valence-electron chi connectivity index (χ3n) is 7.15. The number of amides is 1. The van der Waals surface area contributed by atoms with Gasteiger partial charge in [0.25, 0.3) is 0 Å². The lowest BCUT2D eigenvalue weighted by atomic mass is 9.95. The Labute approximate surface area is 243 Å². The molecule has 216 valence electrons. The van der Waals surface area contributed by atoms with Crippen LogP contribution in [-0.2, 0) is 19.6 Å². The number of hydrogen-bond acceptors (Lipinski definition) is 9. The van der Waals surface area contributed by atoms with E-state index in [1.165, 1.54) is 38.6 Å². The van der Waals surface area contributed by atoms with Crippen molar-refractivity contribution in [2.75, 3.05) is 38.2 Å². The number of piperazine rings is 1. The van der Waals surface area contributed by atoms with E-state index in [0.717, 1.165) is 33.4 Å². The molecular weight excluding hydrogens is 556 g/mol. The topological polar surface area (TPSA) is 149 Å². The number of sulfonamides is 1. The zero-order chi connectivity index (χ0) is 30.0. The highest BCUT2D eigenvalue weighted by atomic mass is 32.2. The van der Waals surface area contributed by atoms with Crippen molar-refractivity contribution < 1.29 is 22.7 Å². The Kier molecular flexibility index (Phi) is 8.01. The maximum Gasteiger partial charge on any atom is 0.246 e. The number of ether oxygens (including phenoxy) is 1. The molecular formula is C30H30N6O5S. The SMILES string of the molecule is COc1cc(C)c(-c2cccnc2-c2ccc3ncnc(N4CCN(C(=O)C=CC(C)=O)CC4)c3c2)cc1S(N)(=O)=O. The predicted octanol–water partition coefficient (Wildman–Crippen LogP) is 3.12. The summed E-state index contributed by atoms with van der Waals surface area (Å²) in [5, 5.41) is 6.32. The molecule has 12 heteroatoms. The smallest absolute Gasteiger partial charge is 0.246 e. The van der Waals surface area contributed by atoms with Crippen molar-refractivity contribution in [1.82, 2.24) is 19.9 Å². The van der Waals surface area contributed by atoms with E-state index >= 15 is 0 Å². The molecule has 1 aliphatic heterocycles. The Bertz CT molecular complexity index is 1830. The quantitative estimate of drug-likeness (QED) is 0.322. The number of nitrogens with zero attached hydrogens (tertiary/aromatic N) is 5. The van der Waals surface area contributed by atoms with Crippen molar-refractivity contribution in [3.05, 3.63) is 72.7 Å². The van der Waals surface area contributed by atoms with Crippen LogP contribution < -0.4 is 14.8 Å². The van der Waals surface area contributed by atoms with Gasteiger partial charge in [-0.2, -0.15) is 0 Å². The van der Waals surface area contributed by atoms with Crippen LogP contribution in [0.2, 0.25) is 0 Å². The Morgan fingerprint density at radius 1 is 0.976 bits per heavy atom. The van der Waals surface area contributed by atoms with Crippen LogP contribution in [0.15, 0.2) is 72.0 Å². The molecule has 42 heavy (non-hydrogen) atoms.